The summed E-state index contributed by atoms with van der Waals surface area (Å²) in [5, 5.41) is 3.32. The fourth-order valence-electron chi connectivity index (χ4n) is 3.06. The number of benzene rings is 1. The maximum absolute atomic E-state index is 14.1. The zero-order valence-corrected chi connectivity index (χ0v) is 13.0. The van der Waals surface area contributed by atoms with Crippen LogP contribution in [0.2, 0.25) is 0 Å². The summed E-state index contributed by atoms with van der Waals surface area (Å²) in [6.07, 6.45) is 5.23. The zero-order chi connectivity index (χ0) is 15.5. The van der Waals surface area contributed by atoms with Gasteiger partial charge in [0.05, 0.1) is 5.75 Å². The predicted octanol–water partition coefficient (Wildman–Crippen LogP) is 2.76. The smallest absolute Gasteiger partial charge is 0.147 e. The van der Waals surface area contributed by atoms with Crippen LogP contribution in [0.1, 0.15) is 37.7 Å². The van der Waals surface area contributed by atoms with Gasteiger partial charge in [-0.1, -0.05) is 18.9 Å². The third-order valence-corrected chi connectivity index (χ3v) is 5.09. The van der Waals surface area contributed by atoms with Crippen molar-refractivity contribution in [1.82, 2.24) is 5.32 Å². The average Bonchev–Trinajstić information content (AvgIpc) is 2.83. The molecule has 0 unspecified atom stereocenters. The van der Waals surface area contributed by atoms with E-state index in [-0.39, 0.29) is 5.75 Å². The molecule has 0 spiro atoms. The van der Waals surface area contributed by atoms with Gasteiger partial charge in [-0.15, -0.1) is 0 Å². The molecule has 118 valence electrons. The van der Waals surface area contributed by atoms with Gasteiger partial charge in [0, 0.05) is 23.4 Å². The molecule has 1 N–H and O–H groups in total. The molecule has 6 heteroatoms. The Balaban J connectivity index is 2.10. The first-order chi connectivity index (χ1) is 9.82. The van der Waals surface area contributed by atoms with Gasteiger partial charge in [-0.2, -0.15) is 0 Å². The van der Waals surface area contributed by atoms with Crippen molar-refractivity contribution in [2.45, 2.75) is 37.6 Å². The molecule has 1 aliphatic rings. The lowest BCUT2D eigenvalue weighted by Gasteiger charge is -2.31. The molecule has 1 aromatic carbocycles. The van der Waals surface area contributed by atoms with Crippen LogP contribution in [0, 0.1) is 11.6 Å². The molecule has 0 bridgehead atoms. The van der Waals surface area contributed by atoms with Gasteiger partial charge in [0.15, 0.2) is 0 Å². The Morgan fingerprint density at radius 3 is 2.48 bits per heavy atom. The molecule has 1 saturated carbocycles. The SMILES string of the molecule is CS(=O)(=O)CCCNC1(c2ccc(F)cc2F)CCCC1. The van der Waals surface area contributed by atoms with Gasteiger partial charge in [-0.25, -0.2) is 17.2 Å². The van der Waals surface area contributed by atoms with Crippen LogP contribution in [0.25, 0.3) is 0 Å². The lowest BCUT2D eigenvalue weighted by atomic mass is 9.87. The number of hydrogen-bond donors (Lipinski definition) is 1. The Bertz CT molecular complexity index is 596. The van der Waals surface area contributed by atoms with Crippen LogP contribution >= 0.6 is 0 Å². The minimum absolute atomic E-state index is 0.113. The fourth-order valence-corrected chi connectivity index (χ4v) is 3.73. The van der Waals surface area contributed by atoms with Crippen molar-refractivity contribution < 1.29 is 17.2 Å². The average molecular weight is 317 g/mol. The van der Waals surface area contributed by atoms with E-state index in [0.717, 1.165) is 31.7 Å². The standard InChI is InChI=1S/C15H21F2NO2S/c1-21(19,20)10-4-9-18-15(7-2-3-8-15)13-6-5-12(16)11-14(13)17/h5-6,11,18H,2-4,7-10H2,1H3. The second-order valence-electron chi connectivity index (χ2n) is 5.82. The molecule has 0 radical (unpaired) electrons. The molecular formula is C15H21F2NO2S. The summed E-state index contributed by atoms with van der Waals surface area (Å²) < 4.78 is 49.4. The van der Waals surface area contributed by atoms with E-state index >= 15 is 0 Å². The largest absolute Gasteiger partial charge is 0.307 e. The summed E-state index contributed by atoms with van der Waals surface area (Å²) in [5.74, 6) is -1.00. The number of nitrogens with one attached hydrogen (secondary N) is 1. The molecule has 1 aromatic rings. The van der Waals surface area contributed by atoms with Crippen LogP contribution in [-0.4, -0.2) is 27.0 Å². The van der Waals surface area contributed by atoms with Gasteiger partial charge in [0.25, 0.3) is 0 Å². The lowest BCUT2D eigenvalue weighted by molar-refractivity contribution is 0.328. The van der Waals surface area contributed by atoms with E-state index in [4.69, 9.17) is 0 Å². The highest BCUT2D eigenvalue weighted by molar-refractivity contribution is 7.90. The number of hydrogen-bond acceptors (Lipinski definition) is 3. The normalized spacial score (nSPS) is 18.0. The number of rotatable bonds is 6. The third-order valence-electron chi connectivity index (χ3n) is 4.06. The van der Waals surface area contributed by atoms with Gasteiger partial charge >= 0.3 is 0 Å². The van der Waals surface area contributed by atoms with Gasteiger partial charge in [-0.3, -0.25) is 0 Å². The predicted molar refractivity (Wildman–Crippen MR) is 78.8 cm³/mol. The third kappa shape index (κ3) is 4.23. The molecule has 3 nitrogen and oxygen atoms in total. The van der Waals surface area contributed by atoms with Crippen LogP contribution in [-0.2, 0) is 15.4 Å². The van der Waals surface area contributed by atoms with Crippen LogP contribution in [0.5, 0.6) is 0 Å². The summed E-state index contributed by atoms with van der Waals surface area (Å²) in [7, 11) is -2.98. The summed E-state index contributed by atoms with van der Waals surface area (Å²) in [4.78, 5) is 0. The Hall–Kier alpha value is -1.01. The Morgan fingerprint density at radius 1 is 1.24 bits per heavy atom. The van der Waals surface area contributed by atoms with Crippen molar-refractivity contribution in [3.05, 3.63) is 35.4 Å². The van der Waals surface area contributed by atoms with Crippen LogP contribution in [0.3, 0.4) is 0 Å². The maximum Gasteiger partial charge on any atom is 0.147 e. The highest BCUT2D eigenvalue weighted by Crippen LogP contribution is 2.39. The monoisotopic (exact) mass is 317 g/mol. The van der Waals surface area contributed by atoms with Crippen molar-refractivity contribution in [2.75, 3.05) is 18.6 Å². The van der Waals surface area contributed by atoms with E-state index in [1.807, 2.05) is 0 Å². The van der Waals surface area contributed by atoms with Crippen molar-refractivity contribution >= 4 is 9.84 Å². The van der Waals surface area contributed by atoms with Crippen LogP contribution < -0.4 is 5.32 Å². The van der Waals surface area contributed by atoms with Crippen LogP contribution in [0.4, 0.5) is 8.78 Å². The van der Waals surface area contributed by atoms with Crippen molar-refractivity contribution in [2.24, 2.45) is 0 Å². The molecule has 0 atom stereocenters. The van der Waals surface area contributed by atoms with E-state index in [9.17, 15) is 17.2 Å². The Labute approximate surface area is 124 Å². The number of sulfone groups is 1. The molecule has 0 amide bonds. The fraction of sp³-hybridized carbons (Fsp3) is 0.600. The minimum atomic E-state index is -2.98. The molecular weight excluding hydrogens is 296 g/mol. The summed E-state index contributed by atoms with van der Waals surface area (Å²) in [5.41, 5.74) is -0.00398. The molecule has 21 heavy (non-hydrogen) atoms. The van der Waals surface area contributed by atoms with Gasteiger partial charge in [0.1, 0.15) is 21.5 Å². The zero-order valence-electron chi connectivity index (χ0n) is 12.2. The van der Waals surface area contributed by atoms with E-state index in [0.29, 0.717) is 18.5 Å². The lowest BCUT2D eigenvalue weighted by Crippen LogP contribution is -2.41. The Morgan fingerprint density at radius 2 is 1.90 bits per heavy atom. The quantitative estimate of drug-likeness (QED) is 0.821. The van der Waals surface area contributed by atoms with Crippen molar-refractivity contribution in [3.63, 3.8) is 0 Å². The Kier molecular flexibility index (Phi) is 4.99. The summed E-state index contributed by atoms with van der Waals surface area (Å²) in [6.45, 7) is 0.504. The summed E-state index contributed by atoms with van der Waals surface area (Å²) in [6, 6.07) is 3.68. The van der Waals surface area contributed by atoms with E-state index in [1.165, 1.54) is 18.4 Å². The molecule has 2 rings (SSSR count). The van der Waals surface area contributed by atoms with E-state index < -0.39 is 27.0 Å². The van der Waals surface area contributed by atoms with Gasteiger partial charge in [-0.05, 0) is 31.9 Å². The molecule has 0 saturated heterocycles. The second-order valence-corrected chi connectivity index (χ2v) is 8.08. The minimum Gasteiger partial charge on any atom is -0.307 e. The van der Waals surface area contributed by atoms with Crippen molar-refractivity contribution in [1.29, 1.82) is 0 Å². The summed E-state index contributed by atoms with van der Waals surface area (Å²) >= 11 is 0. The maximum atomic E-state index is 14.1. The first-order valence-electron chi connectivity index (χ1n) is 7.21. The van der Waals surface area contributed by atoms with E-state index in [2.05, 4.69) is 5.32 Å². The van der Waals surface area contributed by atoms with E-state index in [1.54, 1.807) is 0 Å². The molecule has 0 heterocycles. The number of halogens is 2. The molecule has 1 aliphatic carbocycles. The molecule has 1 fully saturated rings. The van der Waals surface area contributed by atoms with Crippen molar-refractivity contribution in [3.8, 4) is 0 Å². The molecule has 0 aromatic heterocycles. The first kappa shape index (κ1) is 16.4. The highest BCUT2D eigenvalue weighted by atomic mass is 32.2. The van der Waals surface area contributed by atoms with Gasteiger partial charge in [0.2, 0.25) is 0 Å². The molecule has 0 aliphatic heterocycles. The van der Waals surface area contributed by atoms with Crippen LogP contribution in [0.15, 0.2) is 18.2 Å². The first-order valence-corrected chi connectivity index (χ1v) is 9.27. The highest BCUT2D eigenvalue weighted by Gasteiger charge is 2.37. The second kappa shape index (κ2) is 6.40. The topological polar surface area (TPSA) is 46.2 Å². The van der Waals surface area contributed by atoms with Gasteiger partial charge < -0.3 is 5.32 Å².